The highest BCUT2D eigenvalue weighted by Crippen LogP contribution is 2.44. The molecule has 1 fully saturated rings. The molecule has 186 valence electrons. The Morgan fingerprint density at radius 2 is 1.60 bits per heavy atom. The van der Waals surface area contributed by atoms with Crippen LogP contribution in [0, 0.1) is 5.92 Å². The van der Waals surface area contributed by atoms with Gasteiger partial charge in [0.1, 0.15) is 12.6 Å². The van der Waals surface area contributed by atoms with Crippen LogP contribution >= 0.6 is 0 Å². The highest BCUT2D eigenvalue weighted by Gasteiger charge is 2.33. The summed E-state index contributed by atoms with van der Waals surface area (Å²) in [7, 11) is 1.44. The topological polar surface area (TPSA) is 114 Å². The molecule has 1 unspecified atom stereocenters. The predicted molar refractivity (Wildman–Crippen MR) is 130 cm³/mol. The third-order valence-corrected chi connectivity index (χ3v) is 6.95. The molecule has 2 amide bonds. The van der Waals surface area contributed by atoms with Crippen molar-refractivity contribution in [2.75, 3.05) is 20.3 Å². The van der Waals surface area contributed by atoms with Gasteiger partial charge in [0, 0.05) is 19.1 Å². The van der Waals surface area contributed by atoms with Gasteiger partial charge in [-0.15, -0.1) is 0 Å². The van der Waals surface area contributed by atoms with Gasteiger partial charge < -0.3 is 25.2 Å². The van der Waals surface area contributed by atoms with Crippen LogP contribution in [-0.2, 0) is 19.1 Å². The summed E-state index contributed by atoms with van der Waals surface area (Å²) < 4.78 is 10.7. The Bertz CT molecular complexity index is 1030. The number of rotatable bonds is 8. The van der Waals surface area contributed by atoms with Gasteiger partial charge in [0.25, 0.3) is 0 Å². The summed E-state index contributed by atoms with van der Waals surface area (Å²) in [5.41, 5.74) is 4.46. The Morgan fingerprint density at radius 3 is 2.23 bits per heavy atom. The van der Waals surface area contributed by atoms with Crippen molar-refractivity contribution >= 4 is 18.0 Å². The van der Waals surface area contributed by atoms with Gasteiger partial charge in [-0.05, 0) is 35.1 Å². The second-order valence-corrected chi connectivity index (χ2v) is 9.18. The maximum absolute atomic E-state index is 13.0. The Kier molecular flexibility index (Phi) is 8.02. The lowest BCUT2D eigenvalue weighted by molar-refractivity contribution is -0.143. The third kappa shape index (κ3) is 5.65. The van der Waals surface area contributed by atoms with Gasteiger partial charge in [0.2, 0.25) is 5.91 Å². The molecule has 8 nitrogen and oxygen atoms in total. The van der Waals surface area contributed by atoms with Crippen LogP contribution < -0.4 is 10.6 Å². The van der Waals surface area contributed by atoms with Crippen LogP contribution in [0.4, 0.5) is 4.79 Å². The van der Waals surface area contributed by atoms with Crippen molar-refractivity contribution in [3.8, 4) is 11.1 Å². The molecule has 2 aliphatic carbocycles. The standard InChI is InChI=1S/C27H32N2O6/c1-34-16-24(25(30)28-23-14-4-2-3-13-21(23)26(31)32)29-27(33)35-15-22-19-11-7-5-9-17(19)18-10-6-8-12-20(18)22/h5-12,21-24H,2-4,13-16H2,1H3,(H,28,30)(H,29,33)(H,31,32)/t21-,23+,24?/m1/s1. The van der Waals surface area contributed by atoms with Crippen LogP contribution in [0.1, 0.15) is 49.1 Å². The second kappa shape index (κ2) is 11.4. The Morgan fingerprint density at radius 1 is 0.971 bits per heavy atom. The van der Waals surface area contributed by atoms with E-state index < -0.39 is 36.0 Å². The fraction of sp³-hybridized carbons (Fsp3) is 0.444. The van der Waals surface area contributed by atoms with Crippen LogP contribution in [0.2, 0.25) is 0 Å². The lowest BCUT2D eigenvalue weighted by Gasteiger charge is -2.26. The van der Waals surface area contributed by atoms with Crippen LogP contribution in [-0.4, -0.2) is 55.5 Å². The van der Waals surface area contributed by atoms with Crippen LogP contribution in [0.3, 0.4) is 0 Å². The molecule has 0 spiro atoms. The van der Waals surface area contributed by atoms with Crippen molar-refractivity contribution in [1.29, 1.82) is 0 Å². The number of hydrogen-bond acceptors (Lipinski definition) is 5. The molecule has 0 aliphatic heterocycles. The molecule has 2 aliphatic rings. The van der Waals surface area contributed by atoms with E-state index in [1.807, 2.05) is 36.4 Å². The van der Waals surface area contributed by atoms with E-state index in [1.54, 1.807) is 0 Å². The lowest BCUT2D eigenvalue weighted by atomic mass is 9.94. The number of carboxylic acids is 1. The first-order chi connectivity index (χ1) is 17.0. The van der Waals surface area contributed by atoms with Crippen molar-refractivity contribution in [1.82, 2.24) is 10.6 Å². The molecule has 8 heteroatoms. The van der Waals surface area contributed by atoms with E-state index >= 15 is 0 Å². The van der Waals surface area contributed by atoms with Gasteiger partial charge in [-0.2, -0.15) is 0 Å². The third-order valence-electron chi connectivity index (χ3n) is 6.95. The SMILES string of the molecule is COCC(NC(=O)OCC1c2ccccc2-c2ccccc21)C(=O)N[C@H]1CCCCC[C@H]1C(=O)O. The molecule has 35 heavy (non-hydrogen) atoms. The Labute approximate surface area is 205 Å². The van der Waals surface area contributed by atoms with E-state index in [-0.39, 0.29) is 19.1 Å². The predicted octanol–water partition coefficient (Wildman–Crippen LogP) is 3.69. The molecule has 3 N–H and O–H groups in total. The summed E-state index contributed by atoms with van der Waals surface area (Å²) in [6.07, 6.45) is 3.00. The quantitative estimate of drug-likeness (QED) is 0.497. The zero-order valence-electron chi connectivity index (χ0n) is 19.9. The van der Waals surface area contributed by atoms with Gasteiger partial charge in [-0.3, -0.25) is 9.59 Å². The number of carbonyl (C=O) groups excluding carboxylic acids is 2. The zero-order valence-corrected chi connectivity index (χ0v) is 19.9. The van der Waals surface area contributed by atoms with E-state index in [0.29, 0.717) is 12.8 Å². The highest BCUT2D eigenvalue weighted by molar-refractivity contribution is 5.86. The van der Waals surface area contributed by atoms with Crippen molar-refractivity contribution in [3.05, 3.63) is 59.7 Å². The Balaban J connectivity index is 1.38. The summed E-state index contributed by atoms with van der Waals surface area (Å²) in [6.45, 7) is 0.0748. The number of amides is 2. The van der Waals surface area contributed by atoms with Gasteiger partial charge in [0.15, 0.2) is 0 Å². The number of hydrogen-bond donors (Lipinski definition) is 3. The number of ether oxygens (including phenoxy) is 2. The summed E-state index contributed by atoms with van der Waals surface area (Å²) >= 11 is 0. The molecule has 0 aromatic heterocycles. The monoisotopic (exact) mass is 480 g/mol. The maximum Gasteiger partial charge on any atom is 0.407 e. The molecule has 2 aromatic carbocycles. The van der Waals surface area contributed by atoms with Gasteiger partial charge in [-0.25, -0.2) is 4.79 Å². The number of benzene rings is 2. The molecule has 3 atom stereocenters. The molecule has 0 saturated heterocycles. The first kappa shape index (κ1) is 24.7. The van der Waals surface area contributed by atoms with Gasteiger partial charge in [-0.1, -0.05) is 67.8 Å². The number of aliphatic carboxylic acids is 1. The fourth-order valence-corrected chi connectivity index (χ4v) is 5.19. The molecular weight excluding hydrogens is 448 g/mol. The molecule has 1 saturated carbocycles. The van der Waals surface area contributed by atoms with Crippen LogP contribution in [0.15, 0.2) is 48.5 Å². The van der Waals surface area contributed by atoms with E-state index in [0.717, 1.165) is 41.5 Å². The Hall–Kier alpha value is -3.39. The molecule has 0 radical (unpaired) electrons. The minimum Gasteiger partial charge on any atom is -0.481 e. The normalized spacial score (nSPS) is 20.1. The minimum absolute atomic E-state index is 0.0551. The van der Waals surface area contributed by atoms with E-state index in [2.05, 4.69) is 22.8 Å². The van der Waals surface area contributed by atoms with E-state index in [1.165, 1.54) is 7.11 Å². The fourth-order valence-electron chi connectivity index (χ4n) is 5.19. The van der Waals surface area contributed by atoms with E-state index in [9.17, 15) is 19.5 Å². The first-order valence-corrected chi connectivity index (χ1v) is 12.1. The van der Waals surface area contributed by atoms with Gasteiger partial charge in [0.05, 0.1) is 12.5 Å². The minimum atomic E-state index is -0.992. The number of fused-ring (bicyclic) bond motifs is 3. The molecule has 2 aromatic rings. The summed E-state index contributed by atoms with van der Waals surface area (Å²) in [6, 6.07) is 14.6. The number of carboxylic acid groups (broad SMARTS) is 1. The summed E-state index contributed by atoms with van der Waals surface area (Å²) in [4.78, 5) is 37.3. The number of carbonyl (C=O) groups is 3. The average Bonchev–Trinajstić information content (AvgIpc) is 2.98. The largest absolute Gasteiger partial charge is 0.481 e. The first-order valence-electron chi connectivity index (χ1n) is 12.1. The molecular formula is C27H32N2O6. The highest BCUT2D eigenvalue weighted by atomic mass is 16.5. The molecule has 0 bridgehead atoms. The maximum atomic E-state index is 13.0. The van der Waals surface area contributed by atoms with Crippen molar-refractivity contribution < 1.29 is 29.0 Å². The average molecular weight is 481 g/mol. The molecule has 0 heterocycles. The second-order valence-electron chi connectivity index (χ2n) is 9.18. The van der Waals surface area contributed by atoms with Crippen LogP contribution in [0.5, 0.6) is 0 Å². The zero-order chi connectivity index (χ0) is 24.8. The number of alkyl carbamates (subject to hydrolysis) is 1. The van der Waals surface area contributed by atoms with Crippen molar-refractivity contribution in [2.45, 2.75) is 50.1 Å². The van der Waals surface area contributed by atoms with Crippen molar-refractivity contribution in [2.24, 2.45) is 5.92 Å². The van der Waals surface area contributed by atoms with Crippen LogP contribution in [0.25, 0.3) is 11.1 Å². The van der Waals surface area contributed by atoms with Crippen molar-refractivity contribution in [3.63, 3.8) is 0 Å². The smallest absolute Gasteiger partial charge is 0.407 e. The summed E-state index contributed by atoms with van der Waals surface area (Å²) in [5.74, 6) is -2.12. The molecule has 4 rings (SSSR count). The lowest BCUT2D eigenvalue weighted by Crippen LogP contribution is -2.54. The number of methoxy groups -OCH3 is 1. The van der Waals surface area contributed by atoms with Gasteiger partial charge >= 0.3 is 12.1 Å². The summed E-state index contributed by atoms with van der Waals surface area (Å²) in [5, 5.41) is 15.0. The number of nitrogens with one attached hydrogen (secondary N) is 2. The van der Waals surface area contributed by atoms with E-state index in [4.69, 9.17) is 9.47 Å².